The predicted molar refractivity (Wildman–Crippen MR) is 107 cm³/mol. The van der Waals surface area contributed by atoms with E-state index in [1.165, 1.54) is 0 Å². The van der Waals surface area contributed by atoms with Gasteiger partial charge < -0.3 is 20.6 Å². The summed E-state index contributed by atoms with van der Waals surface area (Å²) in [6.45, 7) is 2.46. The molecule has 0 aliphatic heterocycles. The predicted octanol–water partition coefficient (Wildman–Crippen LogP) is 3.85. The van der Waals surface area contributed by atoms with Gasteiger partial charge in [0, 0.05) is 6.04 Å². The molecule has 2 unspecified atom stereocenters. The Morgan fingerprint density at radius 3 is 2.08 bits per heavy atom. The number of rotatable bonds is 8. The van der Waals surface area contributed by atoms with Crippen LogP contribution in [-0.4, -0.2) is 27.9 Å². The fourth-order valence-corrected chi connectivity index (χ4v) is 4.46. The zero-order chi connectivity index (χ0) is 18.6. The minimum absolute atomic E-state index is 0.179. The van der Waals surface area contributed by atoms with Crippen LogP contribution in [0.2, 0.25) is 0 Å². The van der Waals surface area contributed by atoms with Crippen LogP contribution in [0, 0.1) is 0 Å². The maximum Gasteiger partial charge on any atom is 0.117 e. The molecule has 6 heteroatoms. The Balaban J connectivity index is 1.64. The Morgan fingerprint density at radius 2 is 1.58 bits per heavy atom. The minimum Gasteiger partial charge on any atom is -0.508 e. The van der Waals surface area contributed by atoms with E-state index in [1.54, 1.807) is 46.9 Å². The van der Waals surface area contributed by atoms with Gasteiger partial charge in [0.1, 0.15) is 11.4 Å². The van der Waals surface area contributed by atoms with E-state index in [-0.39, 0.29) is 11.8 Å². The fraction of sp³-hybridized carbons (Fsp3) is 0.300. The molecule has 2 heterocycles. The largest absolute Gasteiger partial charge is 0.508 e. The number of nitrogens with one attached hydrogen (secondary N) is 1. The van der Waals surface area contributed by atoms with Crippen LogP contribution in [0.15, 0.2) is 57.9 Å². The number of aliphatic hydroxyl groups excluding tert-OH is 1. The van der Waals surface area contributed by atoms with Gasteiger partial charge in [-0.15, -0.1) is 0 Å². The van der Waals surface area contributed by atoms with Crippen molar-refractivity contribution in [2.45, 2.75) is 31.1 Å². The first-order valence-corrected chi connectivity index (χ1v) is 10.4. The van der Waals surface area contributed by atoms with Crippen molar-refractivity contribution < 1.29 is 15.3 Å². The van der Waals surface area contributed by atoms with Crippen LogP contribution in [0.4, 0.5) is 0 Å². The molecule has 0 aliphatic carbocycles. The quantitative estimate of drug-likeness (QED) is 0.472. The summed E-state index contributed by atoms with van der Waals surface area (Å²) in [5.41, 5.74) is 1.51. The Morgan fingerprint density at radius 1 is 1.00 bits per heavy atom. The molecule has 2 atom stereocenters. The third-order valence-corrected chi connectivity index (χ3v) is 6.03. The topological polar surface area (TPSA) is 72.7 Å². The van der Waals surface area contributed by atoms with Gasteiger partial charge in [-0.2, -0.15) is 22.7 Å². The number of aliphatic hydroxyl groups is 2. The lowest BCUT2D eigenvalue weighted by Gasteiger charge is -2.29. The molecular formula is C20H23NO3S2. The summed E-state index contributed by atoms with van der Waals surface area (Å²) in [5.74, 6) is 0.179. The number of hydrogen-bond acceptors (Lipinski definition) is 6. The molecule has 0 bridgehead atoms. The van der Waals surface area contributed by atoms with Crippen molar-refractivity contribution in [2.24, 2.45) is 0 Å². The van der Waals surface area contributed by atoms with E-state index in [0.29, 0.717) is 13.0 Å². The Kier molecular flexibility index (Phi) is 6.11. The van der Waals surface area contributed by atoms with Crippen molar-refractivity contribution in [3.8, 4) is 5.75 Å². The SMILES string of the molecule is CC(NCCC(O)(c1ccsc1)c1ccsc1)C(O)c1ccc(O)cc1. The second-order valence-corrected chi connectivity index (χ2v) is 7.97. The highest BCUT2D eigenvalue weighted by Gasteiger charge is 2.32. The lowest BCUT2D eigenvalue weighted by atomic mass is 9.86. The van der Waals surface area contributed by atoms with E-state index < -0.39 is 11.7 Å². The Bertz CT molecular complexity index is 751. The molecule has 0 amide bonds. The molecule has 4 N–H and O–H groups in total. The fourth-order valence-electron chi connectivity index (χ4n) is 3.01. The number of benzene rings is 1. The third kappa shape index (κ3) is 4.16. The van der Waals surface area contributed by atoms with E-state index in [0.717, 1.165) is 16.7 Å². The number of phenols is 1. The monoisotopic (exact) mass is 389 g/mol. The van der Waals surface area contributed by atoms with Crippen molar-refractivity contribution in [2.75, 3.05) is 6.54 Å². The normalized spacial score (nSPS) is 14.3. The summed E-state index contributed by atoms with van der Waals surface area (Å²) >= 11 is 3.14. The molecule has 3 rings (SSSR count). The Labute approximate surface area is 161 Å². The average molecular weight is 390 g/mol. The van der Waals surface area contributed by atoms with Crippen LogP contribution in [0.1, 0.15) is 36.1 Å². The number of phenolic OH excluding ortho intramolecular Hbond substituents is 1. The molecular weight excluding hydrogens is 366 g/mol. The molecule has 0 aliphatic rings. The standard InChI is InChI=1S/C20H23NO3S2/c1-14(19(23)15-2-4-18(22)5-3-15)21-9-8-20(24,16-6-10-25-12-16)17-7-11-26-13-17/h2-7,10-14,19,21-24H,8-9H2,1H3. The highest BCUT2D eigenvalue weighted by atomic mass is 32.1. The molecule has 3 aromatic rings. The molecule has 0 radical (unpaired) electrons. The van der Waals surface area contributed by atoms with Crippen LogP contribution < -0.4 is 5.32 Å². The van der Waals surface area contributed by atoms with E-state index in [9.17, 15) is 15.3 Å². The molecule has 1 aromatic carbocycles. The summed E-state index contributed by atoms with van der Waals surface area (Å²) < 4.78 is 0. The first kappa shape index (κ1) is 19.1. The van der Waals surface area contributed by atoms with Crippen molar-refractivity contribution in [3.63, 3.8) is 0 Å². The molecule has 2 aromatic heterocycles. The van der Waals surface area contributed by atoms with Gasteiger partial charge in [-0.05, 0) is 82.4 Å². The summed E-state index contributed by atoms with van der Waals surface area (Å²) in [6, 6.07) is 10.3. The van der Waals surface area contributed by atoms with E-state index in [2.05, 4.69) is 5.32 Å². The van der Waals surface area contributed by atoms with E-state index in [4.69, 9.17) is 0 Å². The Hall–Kier alpha value is -1.70. The summed E-state index contributed by atoms with van der Waals surface area (Å²) in [5, 5.41) is 42.4. The summed E-state index contributed by atoms with van der Waals surface area (Å²) in [4.78, 5) is 0. The second kappa shape index (κ2) is 8.33. The van der Waals surface area contributed by atoms with Gasteiger partial charge in [0.25, 0.3) is 0 Å². The molecule has 0 saturated heterocycles. The van der Waals surface area contributed by atoms with E-state index in [1.807, 2.05) is 40.6 Å². The van der Waals surface area contributed by atoms with Crippen LogP contribution in [0.25, 0.3) is 0 Å². The lowest BCUT2D eigenvalue weighted by molar-refractivity contribution is 0.0672. The lowest BCUT2D eigenvalue weighted by Crippen LogP contribution is -2.37. The first-order valence-electron chi connectivity index (χ1n) is 8.49. The van der Waals surface area contributed by atoms with Crippen molar-refractivity contribution in [1.82, 2.24) is 5.32 Å². The highest BCUT2D eigenvalue weighted by Crippen LogP contribution is 2.35. The molecule has 0 saturated carbocycles. The van der Waals surface area contributed by atoms with Crippen molar-refractivity contribution in [3.05, 3.63) is 74.6 Å². The van der Waals surface area contributed by atoms with Gasteiger partial charge in [-0.25, -0.2) is 0 Å². The number of thiophene rings is 2. The second-order valence-electron chi connectivity index (χ2n) is 6.41. The number of hydrogen-bond donors (Lipinski definition) is 4. The molecule has 0 spiro atoms. The maximum absolute atomic E-state index is 11.3. The van der Waals surface area contributed by atoms with Gasteiger partial charge >= 0.3 is 0 Å². The molecule has 0 fully saturated rings. The summed E-state index contributed by atoms with van der Waals surface area (Å²) in [7, 11) is 0. The molecule has 4 nitrogen and oxygen atoms in total. The van der Waals surface area contributed by atoms with Crippen LogP contribution in [0.5, 0.6) is 5.75 Å². The minimum atomic E-state index is -1.03. The van der Waals surface area contributed by atoms with E-state index >= 15 is 0 Å². The average Bonchev–Trinajstić information content (AvgIpc) is 3.35. The number of aromatic hydroxyl groups is 1. The summed E-state index contributed by atoms with van der Waals surface area (Å²) in [6.07, 6.45) is -0.182. The van der Waals surface area contributed by atoms with Gasteiger partial charge in [0.05, 0.1) is 6.10 Å². The third-order valence-electron chi connectivity index (χ3n) is 4.66. The van der Waals surface area contributed by atoms with Gasteiger partial charge in [0.2, 0.25) is 0 Å². The first-order chi connectivity index (χ1) is 12.5. The molecule has 26 heavy (non-hydrogen) atoms. The molecule has 138 valence electrons. The highest BCUT2D eigenvalue weighted by molar-refractivity contribution is 7.08. The van der Waals surface area contributed by atoms with Crippen LogP contribution in [0.3, 0.4) is 0 Å². The van der Waals surface area contributed by atoms with Crippen molar-refractivity contribution in [1.29, 1.82) is 0 Å². The van der Waals surface area contributed by atoms with Crippen molar-refractivity contribution >= 4 is 22.7 Å². The van der Waals surface area contributed by atoms with Gasteiger partial charge in [-0.3, -0.25) is 0 Å². The van der Waals surface area contributed by atoms with Crippen LogP contribution >= 0.6 is 22.7 Å². The smallest absolute Gasteiger partial charge is 0.117 e. The zero-order valence-electron chi connectivity index (χ0n) is 14.5. The van der Waals surface area contributed by atoms with Crippen LogP contribution in [-0.2, 0) is 5.60 Å². The zero-order valence-corrected chi connectivity index (χ0v) is 16.1. The van der Waals surface area contributed by atoms with Gasteiger partial charge in [-0.1, -0.05) is 12.1 Å². The maximum atomic E-state index is 11.3. The van der Waals surface area contributed by atoms with Gasteiger partial charge in [0.15, 0.2) is 0 Å².